The molecule has 0 spiro atoms. The standard InChI is InChI=1S/C10H13NO2S/c1-6-9(10(12)13-2)11-8(14-6)5-7-3-4-7/h7H,3-5H2,1-2H3. The van der Waals surface area contributed by atoms with Gasteiger partial charge in [-0.15, -0.1) is 11.3 Å². The molecule has 2 rings (SSSR count). The van der Waals surface area contributed by atoms with E-state index in [1.54, 1.807) is 11.3 Å². The Morgan fingerprint density at radius 1 is 1.64 bits per heavy atom. The number of carbonyl (C=O) groups excluding carboxylic acids is 1. The van der Waals surface area contributed by atoms with Crippen LogP contribution in [0, 0.1) is 12.8 Å². The zero-order valence-corrected chi connectivity index (χ0v) is 9.19. The summed E-state index contributed by atoms with van der Waals surface area (Å²) in [5.41, 5.74) is 0.494. The third-order valence-corrected chi connectivity index (χ3v) is 3.37. The Morgan fingerprint density at radius 2 is 2.36 bits per heavy atom. The second-order valence-electron chi connectivity index (χ2n) is 3.65. The molecule has 1 aromatic rings. The van der Waals surface area contributed by atoms with Crippen LogP contribution >= 0.6 is 11.3 Å². The molecule has 1 aromatic heterocycles. The number of esters is 1. The predicted octanol–water partition coefficient (Wildman–Crippen LogP) is 2.19. The van der Waals surface area contributed by atoms with E-state index in [0.717, 1.165) is 22.2 Å². The van der Waals surface area contributed by atoms with E-state index in [4.69, 9.17) is 0 Å². The highest BCUT2D eigenvalue weighted by molar-refractivity contribution is 7.11. The molecule has 14 heavy (non-hydrogen) atoms. The molecule has 4 heteroatoms. The van der Waals surface area contributed by atoms with Gasteiger partial charge in [0.25, 0.3) is 0 Å². The molecule has 0 N–H and O–H groups in total. The molecule has 1 aliphatic rings. The van der Waals surface area contributed by atoms with Crippen LogP contribution in [-0.2, 0) is 11.2 Å². The number of aryl methyl sites for hydroxylation is 1. The lowest BCUT2D eigenvalue weighted by Crippen LogP contribution is -2.03. The number of thiazole rings is 1. The van der Waals surface area contributed by atoms with Crippen molar-refractivity contribution in [3.05, 3.63) is 15.6 Å². The summed E-state index contributed by atoms with van der Waals surface area (Å²) >= 11 is 1.61. The summed E-state index contributed by atoms with van der Waals surface area (Å²) < 4.78 is 4.66. The molecule has 0 aliphatic heterocycles. The van der Waals surface area contributed by atoms with E-state index in [-0.39, 0.29) is 5.97 Å². The number of carbonyl (C=O) groups is 1. The first-order valence-electron chi connectivity index (χ1n) is 4.75. The SMILES string of the molecule is COC(=O)c1nc(CC2CC2)sc1C. The number of rotatable bonds is 3. The first kappa shape index (κ1) is 9.65. The minimum atomic E-state index is -0.319. The minimum Gasteiger partial charge on any atom is -0.464 e. The summed E-state index contributed by atoms with van der Waals surface area (Å²) in [6, 6.07) is 0. The average Bonchev–Trinajstić information content (AvgIpc) is 2.89. The molecule has 0 bridgehead atoms. The summed E-state index contributed by atoms with van der Waals surface area (Å²) in [4.78, 5) is 16.5. The molecule has 0 unspecified atom stereocenters. The highest BCUT2D eigenvalue weighted by atomic mass is 32.1. The molecule has 3 nitrogen and oxygen atoms in total. The van der Waals surface area contributed by atoms with E-state index in [1.807, 2.05) is 6.92 Å². The highest BCUT2D eigenvalue weighted by Gasteiger charge is 2.24. The molecular formula is C10H13NO2S. The van der Waals surface area contributed by atoms with Crippen molar-refractivity contribution in [2.24, 2.45) is 5.92 Å². The van der Waals surface area contributed by atoms with Gasteiger partial charge >= 0.3 is 5.97 Å². The Balaban J connectivity index is 2.15. The third kappa shape index (κ3) is 1.95. The van der Waals surface area contributed by atoms with Crippen molar-refractivity contribution in [3.63, 3.8) is 0 Å². The summed E-state index contributed by atoms with van der Waals surface area (Å²) in [6.45, 7) is 1.92. The van der Waals surface area contributed by atoms with Gasteiger partial charge in [0.2, 0.25) is 0 Å². The van der Waals surface area contributed by atoms with Crippen molar-refractivity contribution >= 4 is 17.3 Å². The van der Waals surface area contributed by atoms with Crippen molar-refractivity contribution in [2.45, 2.75) is 26.2 Å². The number of ether oxygens (including phenoxy) is 1. The van der Waals surface area contributed by atoms with Gasteiger partial charge in [0.05, 0.1) is 12.1 Å². The third-order valence-electron chi connectivity index (χ3n) is 2.38. The van der Waals surface area contributed by atoms with Gasteiger partial charge in [-0.2, -0.15) is 0 Å². The quantitative estimate of drug-likeness (QED) is 0.719. The van der Waals surface area contributed by atoms with E-state index >= 15 is 0 Å². The Hall–Kier alpha value is -0.900. The lowest BCUT2D eigenvalue weighted by atomic mass is 10.3. The molecule has 0 radical (unpaired) electrons. The number of aromatic nitrogens is 1. The fourth-order valence-electron chi connectivity index (χ4n) is 1.39. The zero-order chi connectivity index (χ0) is 10.1. The number of hydrogen-bond acceptors (Lipinski definition) is 4. The van der Waals surface area contributed by atoms with Crippen molar-refractivity contribution in [1.29, 1.82) is 0 Å². The number of hydrogen-bond donors (Lipinski definition) is 0. The maximum absolute atomic E-state index is 11.3. The van der Waals surface area contributed by atoms with Crippen molar-refractivity contribution in [1.82, 2.24) is 4.98 Å². The fraction of sp³-hybridized carbons (Fsp3) is 0.600. The summed E-state index contributed by atoms with van der Waals surface area (Å²) in [7, 11) is 1.39. The van der Waals surface area contributed by atoms with Gasteiger partial charge < -0.3 is 4.74 Å². The molecule has 0 atom stereocenters. The van der Waals surface area contributed by atoms with Gasteiger partial charge in [0.15, 0.2) is 5.69 Å². The Kier molecular flexibility index (Phi) is 2.54. The van der Waals surface area contributed by atoms with Gasteiger partial charge in [-0.3, -0.25) is 0 Å². The Bertz CT molecular complexity index is 355. The average molecular weight is 211 g/mol. The van der Waals surface area contributed by atoms with Crippen LogP contribution in [-0.4, -0.2) is 18.1 Å². The van der Waals surface area contributed by atoms with Crippen LogP contribution < -0.4 is 0 Å². The fourth-order valence-corrected chi connectivity index (χ4v) is 2.43. The number of nitrogens with zero attached hydrogens (tertiary/aromatic N) is 1. The molecule has 0 amide bonds. The van der Waals surface area contributed by atoms with E-state index < -0.39 is 0 Å². The summed E-state index contributed by atoms with van der Waals surface area (Å²) in [5, 5.41) is 1.07. The molecule has 0 aromatic carbocycles. The summed E-state index contributed by atoms with van der Waals surface area (Å²) in [5.74, 6) is 0.492. The van der Waals surface area contributed by atoms with Crippen LogP contribution in [0.15, 0.2) is 0 Å². The van der Waals surface area contributed by atoms with E-state index in [0.29, 0.717) is 5.69 Å². The minimum absolute atomic E-state index is 0.319. The first-order valence-corrected chi connectivity index (χ1v) is 5.57. The van der Waals surface area contributed by atoms with Crippen LogP contribution in [0.2, 0.25) is 0 Å². The van der Waals surface area contributed by atoms with Gasteiger partial charge in [-0.25, -0.2) is 9.78 Å². The largest absolute Gasteiger partial charge is 0.464 e. The Morgan fingerprint density at radius 3 is 2.93 bits per heavy atom. The molecule has 0 saturated heterocycles. The van der Waals surface area contributed by atoms with E-state index in [2.05, 4.69) is 9.72 Å². The van der Waals surface area contributed by atoms with Crippen molar-refractivity contribution in [3.8, 4) is 0 Å². The maximum Gasteiger partial charge on any atom is 0.357 e. The van der Waals surface area contributed by atoms with E-state index in [9.17, 15) is 4.79 Å². The topological polar surface area (TPSA) is 39.2 Å². The molecule has 1 aliphatic carbocycles. The molecule has 1 fully saturated rings. The van der Waals surface area contributed by atoms with Crippen molar-refractivity contribution in [2.75, 3.05) is 7.11 Å². The summed E-state index contributed by atoms with van der Waals surface area (Å²) in [6.07, 6.45) is 3.65. The molecule has 1 heterocycles. The molecular weight excluding hydrogens is 198 g/mol. The molecule has 76 valence electrons. The monoisotopic (exact) mass is 211 g/mol. The first-order chi connectivity index (χ1) is 6.70. The van der Waals surface area contributed by atoms with Gasteiger partial charge in [-0.1, -0.05) is 0 Å². The van der Waals surface area contributed by atoms with Crippen LogP contribution in [0.1, 0.15) is 33.2 Å². The lowest BCUT2D eigenvalue weighted by molar-refractivity contribution is 0.0594. The Labute approximate surface area is 87.1 Å². The van der Waals surface area contributed by atoms with Gasteiger partial charge in [0, 0.05) is 11.3 Å². The van der Waals surface area contributed by atoms with Crippen molar-refractivity contribution < 1.29 is 9.53 Å². The second-order valence-corrected chi connectivity index (χ2v) is 4.94. The van der Waals surface area contributed by atoms with E-state index in [1.165, 1.54) is 20.0 Å². The predicted molar refractivity (Wildman–Crippen MR) is 54.6 cm³/mol. The van der Waals surface area contributed by atoms with Gasteiger partial charge in [0.1, 0.15) is 0 Å². The number of methoxy groups -OCH3 is 1. The van der Waals surface area contributed by atoms with Crippen LogP contribution in [0.5, 0.6) is 0 Å². The maximum atomic E-state index is 11.3. The molecule has 1 saturated carbocycles. The highest BCUT2D eigenvalue weighted by Crippen LogP contribution is 2.34. The van der Waals surface area contributed by atoms with Gasteiger partial charge in [-0.05, 0) is 25.7 Å². The normalized spacial score (nSPS) is 15.6. The van der Waals surface area contributed by atoms with Crippen LogP contribution in [0.25, 0.3) is 0 Å². The van der Waals surface area contributed by atoms with Crippen LogP contribution in [0.3, 0.4) is 0 Å². The second kappa shape index (κ2) is 3.69. The zero-order valence-electron chi connectivity index (χ0n) is 8.37. The van der Waals surface area contributed by atoms with Crippen LogP contribution in [0.4, 0.5) is 0 Å². The lowest BCUT2D eigenvalue weighted by Gasteiger charge is -1.93. The smallest absolute Gasteiger partial charge is 0.357 e.